The molecule has 0 aliphatic heterocycles. The Kier molecular flexibility index (Phi) is 2.71. The lowest BCUT2D eigenvalue weighted by molar-refractivity contribution is 0.642. The summed E-state index contributed by atoms with van der Waals surface area (Å²) >= 11 is 0. The van der Waals surface area contributed by atoms with Gasteiger partial charge >= 0.3 is 0 Å². The number of aryl methyl sites for hydroxylation is 1. The van der Waals surface area contributed by atoms with Crippen LogP contribution in [-0.4, -0.2) is 11.0 Å². The van der Waals surface area contributed by atoms with Crippen molar-refractivity contribution in [3.05, 3.63) is 24.0 Å². The van der Waals surface area contributed by atoms with Gasteiger partial charge in [0.1, 0.15) is 0 Å². The van der Waals surface area contributed by atoms with E-state index in [0.717, 1.165) is 5.92 Å². The van der Waals surface area contributed by atoms with E-state index in [1.807, 2.05) is 12.4 Å². The topological polar surface area (TPSA) is 24.9 Å². The molecule has 1 aromatic rings. The molecule has 2 nitrogen and oxygen atoms in total. The van der Waals surface area contributed by atoms with Crippen LogP contribution in [0.15, 0.2) is 18.5 Å². The zero-order valence-electron chi connectivity index (χ0n) is 8.96. The van der Waals surface area contributed by atoms with Gasteiger partial charge in [-0.3, -0.25) is 4.98 Å². The first-order chi connectivity index (χ1) is 6.75. The van der Waals surface area contributed by atoms with Gasteiger partial charge in [-0.05, 0) is 37.8 Å². The fourth-order valence-electron chi connectivity index (χ4n) is 1.81. The summed E-state index contributed by atoms with van der Waals surface area (Å²) in [5.41, 5.74) is 2.46. The minimum absolute atomic E-state index is 0.587. The van der Waals surface area contributed by atoms with E-state index in [0.29, 0.717) is 6.04 Å². The molecule has 0 spiro atoms. The highest BCUT2D eigenvalue weighted by Crippen LogP contribution is 2.34. The quantitative estimate of drug-likeness (QED) is 0.789. The first-order valence-electron chi connectivity index (χ1n) is 5.43. The summed E-state index contributed by atoms with van der Waals surface area (Å²) < 4.78 is 0. The smallest absolute Gasteiger partial charge is 0.0402 e. The molecule has 1 unspecified atom stereocenters. The first-order valence-corrected chi connectivity index (χ1v) is 5.43. The van der Waals surface area contributed by atoms with E-state index < -0.39 is 0 Å². The Labute approximate surface area is 85.7 Å². The van der Waals surface area contributed by atoms with Crippen LogP contribution in [0, 0.1) is 12.8 Å². The fraction of sp³-hybridized carbons (Fsp3) is 0.583. The standard InChI is InChI=1S/C12H18N2/c1-9-8-13-6-5-12(9)14-10(2)7-11-3-4-11/h5-6,8,10-11H,3-4,7H2,1-2H3,(H,13,14). The van der Waals surface area contributed by atoms with Crippen molar-refractivity contribution in [1.29, 1.82) is 0 Å². The molecule has 1 aromatic heterocycles. The summed E-state index contributed by atoms with van der Waals surface area (Å²) in [5, 5.41) is 3.54. The molecule has 1 aliphatic carbocycles. The van der Waals surface area contributed by atoms with E-state index in [-0.39, 0.29) is 0 Å². The number of anilines is 1. The Bertz CT molecular complexity index is 305. The highest BCUT2D eigenvalue weighted by atomic mass is 14.9. The highest BCUT2D eigenvalue weighted by Gasteiger charge is 2.23. The Morgan fingerprint density at radius 2 is 2.36 bits per heavy atom. The molecule has 76 valence electrons. The van der Waals surface area contributed by atoms with Gasteiger partial charge in [-0.2, -0.15) is 0 Å². The molecular weight excluding hydrogens is 172 g/mol. The van der Waals surface area contributed by atoms with Crippen LogP contribution >= 0.6 is 0 Å². The predicted octanol–water partition coefficient (Wildman–Crippen LogP) is 2.99. The van der Waals surface area contributed by atoms with Crippen molar-refractivity contribution in [3.63, 3.8) is 0 Å². The molecule has 2 heteroatoms. The molecule has 1 aliphatic rings. The van der Waals surface area contributed by atoms with E-state index >= 15 is 0 Å². The third-order valence-electron chi connectivity index (χ3n) is 2.81. The number of pyridine rings is 1. The van der Waals surface area contributed by atoms with Crippen LogP contribution in [0.25, 0.3) is 0 Å². The third kappa shape index (κ3) is 2.47. The molecule has 1 saturated carbocycles. The molecular formula is C12H18N2. The third-order valence-corrected chi connectivity index (χ3v) is 2.81. The summed E-state index contributed by atoms with van der Waals surface area (Å²) in [6.45, 7) is 4.36. The Balaban J connectivity index is 1.91. The minimum Gasteiger partial charge on any atom is -0.382 e. The van der Waals surface area contributed by atoms with Gasteiger partial charge in [0.2, 0.25) is 0 Å². The van der Waals surface area contributed by atoms with Gasteiger partial charge in [0, 0.05) is 24.1 Å². The molecule has 0 radical (unpaired) electrons. The predicted molar refractivity (Wildman–Crippen MR) is 59.4 cm³/mol. The van der Waals surface area contributed by atoms with Crippen molar-refractivity contribution >= 4 is 5.69 Å². The largest absolute Gasteiger partial charge is 0.382 e. The van der Waals surface area contributed by atoms with Crippen molar-refractivity contribution in [2.75, 3.05) is 5.32 Å². The molecule has 14 heavy (non-hydrogen) atoms. The second-order valence-electron chi connectivity index (χ2n) is 4.42. The van der Waals surface area contributed by atoms with Crippen LogP contribution in [0.3, 0.4) is 0 Å². The maximum absolute atomic E-state index is 4.09. The van der Waals surface area contributed by atoms with Gasteiger partial charge in [-0.15, -0.1) is 0 Å². The van der Waals surface area contributed by atoms with E-state index in [2.05, 4.69) is 30.2 Å². The zero-order chi connectivity index (χ0) is 9.97. The van der Waals surface area contributed by atoms with Crippen molar-refractivity contribution < 1.29 is 0 Å². The summed E-state index contributed by atoms with van der Waals surface area (Å²) in [6.07, 6.45) is 7.93. The van der Waals surface area contributed by atoms with Gasteiger partial charge in [0.05, 0.1) is 0 Å². The molecule has 0 bridgehead atoms. The lowest BCUT2D eigenvalue weighted by Crippen LogP contribution is -2.16. The number of nitrogens with zero attached hydrogens (tertiary/aromatic N) is 1. The van der Waals surface area contributed by atoms with Gasteiger partial charge < -0.3 is 5.32 Å². The average molecular weight is 190 g/mol. The Morgan fingerprint density at radius 3 is 3.00 bits per heavy atom. The van der Waals surface area contributed by atoms with Crippen LogP contribution in [0.1, 0.15) is 31.7 Å². The summed E-state index contributed by atoms with van der Waals surface area (Å²) in [7, 11) is 0. The first kappa shape index (κ1) is 9.50. The molecule has 1 fully saturated rings. The molecule has 0 saturated heterocycles. The van der Waals surface area contributed by atoms with Crippen LogP contribution in [0.5, 0.6) is 0 Å². The summed E-state index contributed by atoms with van der Waals surface area (Å²) in [6, 6.07) is 2.64. The summed E-state index contributed by atoms with van der Waals surface area (Å²) in [4.78, 5) is 4.09. The number of aromatic nitrogens is 1. The second-order valence-corrected chi connectivity index (χ2v) is 4.42. The SMILES string of the molecule is Cc1cnccc1NC(C)CC1CC1. The molecule has 1 N–H and O–H groups in total. The van der Waals surface area contributed by atoms with Crippen molar-refractivity contribution in [3.8, 4) is 0 Å². The van der Waals surface area contributed by atoms with Crippen molar-refractivity contribution in [1.82, 2.24) is 4.98 Å². The minimum atomic E-state index is 0.587. The van der Waals surface area contributed by atoms with Gasteiger partial charge in [0.15, 0.2) is 0 Å². The van der Waals surface area contributed by atoms with Gasteiger partial charge in [0.25, 0.3) is 0 Å². The maximum atomic E-state index is 4.09. The van der Waals surface area contributed by atoms with E-state index in [9.17, 15) is 0 Å². The fourth-order valence-corrected chi connectivity index (χ4v) is 1.81. The second kappa shape index (κ2) is 3.99. The number of rotatable bonds is 4. The van der Waals surface area contributed by atoms with Crippen LogP contribution < -0.4 is 5.32 Å². The monoisotopic (exact) mass is 190 g/mol. The number of hydrogen-bond acceptors (Lipinski definition) is 2. The molecule has 1 atom stereocenters. The summed E-state index contributed by atoms with van der Waals surface area (Å²) in [5.74, 6) is 0.986. The van der Waals surface area contributed by atoms with E-state index in [1.165, 1.54) is 30.5 Å². The van der Waals surface area contributed by atoms with Gasteiger partial charge in [-0.25, -0.2) is 0 Å². The Morgan fingerprint density at radius 1 is 1.57 bits per heavy atom. The molecule has 2 rings (SSSR count). The number of hydrogen-bond donors (Lipinski definition) is 1. The average Bonchev–Trinajstić information content (AvgIpc) is 2.93. The van der Waals surface area contributed by atoms with Crippen LogP contribution in [0.4, 0.5) is 5.69 Å². The molecule has 0 aromatic carbocycles. The van der Waals surface area contributed by atoms with E-state index in [4.69, 9.17) is 0 Å². The molecule has 0 amide bonds. The normalized spacial score (nSPS) is 17.9. The number of nitrogens with one attached hydrogen (secondary N) is 1. The van der Waals surface area contributed by atoms with Crippen molar-refractivity contribution in [2.45, 2.75) is 39.2 Å². The van der Waals surface area contributed by atoms with Crippen LogP contribution in [0.2, 0.25) is 0 Å². The van der Waals surface area contributed by atoms with Gasteiger partial charge in [-0.1, -0.05) is 12.8 Å². The van der Waals surface area contributed by atoms with E-state index in [1.54, 1.807) is 0 Å². The lowest BCUT2D eigenvalue weighted by atomic mass is 10.1. The molecule has 1 heterocycles. The zero-order valence-corrected chi connectivity index (χ0v) is 8.96. The van der Waals surface area contributed by atoms with Crippen LogP contribution in [-0.2, 0) is 0 Å². The van der Waals surface area contributed by atoms with Crippen molar-refractivity contribution in [2.24, 2.45) is 5.92 Å². The Hall–Kier alpha value is -1.05. The lowest BCUT2D eigenvalue weighted by Gasteiger charge is -2.16. The highest BCUT2D eigenvalue weighted by molar-refractivity contribution is 5.49. The maximum Gasteiger partial charge on any atom is 0.0402 e.